The van der Waals surface area contributed by atoms with Crippen LogP contribution in [0, 0.1) is 5.41 Å². The molecule has 0 aromatic heterocycles. The van der Waals surface area contributed by atoms with Gasteiger partial charge in [-0.15, -0.1) is 0 Å². The number of ether oxygens (including phenoxy) is 1. The fourth-order valence-electron chi connectivity index (χ4n) is 2.61. The normalized spacial score (nSPS) is 21.0. The molecule has 0 unspecified atom stereocenters. The van der Waals surface area contributed by atoms with E-state index in [0.29, 0.717) is 18.6 Å². The van der Waals surface area contributed by atoms with Crippen molar-refractivity contribution in [2.45, 2.75) is 52.0 Å². The third-order valence-electron chi connectivity index (χ3n) is 3.99. The highest BCUT2D eigenvalue weighted by Crippen LogP contribution is 2.36. The van der Waals surface area contributed by atoms with Crippen LogP contribution in [0.4, 0.5) is 0 Å². The molecule has 1 rings (SSSR count). The Labute approximate surface area is 107 Å². The average Bonchev–Trinajstić information content (AvgIpc) is 2.28. The first-order valence-corrected chi connectivity index (χ1v) is 7.03. The molecule has 0 heterocycles. The third kappa shape index (κ3) is 5.84. The van der Waals surface area contributed by atoms with Gasteiger partial charge in [0.05, 0.1) is 6.61 Å². The maximum absolute atomic E-state index is 5.40. The summed E-state index contributed by atoms with van der Waals surface area (Å²) in [5, 5.41) is 0. The Morgan fingerprint density at radius 2 is 1.88 bits per heavy atom. The van der Waals surface area contributed by atoms with Gasteiger partial charge in [-0.2, -0.15) is 0 Å². The van der Waals surface area contributed by atoms with Crippen molar-refractivity contribution in [3.8, 4) is 0 Å². The van der Waals surface area contributed by atoms with Crippen LogP contribution in [0.2, 0.25) is 0 Å². The minimum Gasteiger partial charge on any atom is -0.380 e. The summed E-state index contributed by atoms with van der Waals surface area (Å²) in [6, 6.07) is 0.789. The van der Waals surface area contributed by atoms with E-state index >= 15 is 0 Å². The van der Waals surface area contributed by atoms with Crippen LogP contribution in [-0.2, 0) is 4.74 Å². The summed E-state index contributed by atoms with van der Waals surface area (Å²) in [5.74, 6) is 0. The second-order valence-corrected chi connectivity index (χ2v) is 6.13. The molecule has 0 aromatic rings. The molecule has 0 aliphatic heterocycles. The zero-order chi connectivity index (χ0) is 12.7. The van der Waals surface area contributed by atoms with Crippen LogP contribution < -0.4 is 5.73 Å². The van der Waals surface area contributed by atoms with Crippen molar-refractivity contribution < 1.29 is 4.74 Å². The minimum atomic E-state index is 0.571. The van der Waals surface area contributed by atoms with Crippen LogP contribution in [0.15, 0.2) is 0 Å². The molecule has 1 fully saturated rings. The number of nitrogens with zero attached hydrogens (tertiary/aromatic N) is 1. The van der Waals surface area contributed by atoms with E-state index in [9.17, 15) is 0 Å². The highest BCUT2D eigenvalue weighted by atomic mass is 16.5. The Bertz CT molecular complexity index is 196. The average molecular weight is 242 g/mol. The van der Waals surface area contributed by atoms with E-state index < -0.39 is 0 Å². The molecule has 0 spiro atoms. The molecule has 0 amide bonds. The molecule has 102 valence electrons. The lowest BCUT2D eigenvalue weighted by Gasteiger charge is -2.38. The predicted octanol–water partition coefficient (Wildman–Crippen LogP) is 2.25. The van der Waals surface area contributed by atoms with E-state index in [2.05, 4.69) is 25.8 Å². The largest absolute Gasteiger partial charge is 0.380 e. The van der Waals surface area contributed by atoms with Gasteiger partial charge >= 0.3 is 0 Å². The summed E-state index contributed by atoms with van der Waals surface area (Å²) < 4.78 is 5.40. The third-order valence-corrected chi connectivity index (χ3v) is 3.99. The summed E-state index contributed by atoms with van der Waals surface area (Å²) in [6.07, 6.45) is 6.56. The summed E-state index contributed by atoms with van der Waals surface area (Å²) in [7, 11) is 2.26. The van der Waals surface area contributed by atoms with Crippen molar-refractivity contribution in [1.82, 2.24) is 4.90 Å². The molecule has 0 radical (unpaired) electrons. The second kappa shape index (κ2) is 7.34. The van der Waals surface area contributed by atoms with Crippen LogP contribution in [0.5, 0.6) is 0 Å². The highest BCUT2D eigenvalue weighted by molar-refractivity contribution is 4.82. The van der Waals surface area contributed by atoms with Crippen molar-refractivity contribution in [3.63, 3.8) is 0 Å². The Morgan fingerprint density at radius 1 is 1.24 bits per heavy atom. The Balaban J connectivity index is 2.10. The zero-order valence-corrected chi connectivity index (χ0v) is 11.9. The standard InChI is InChI=1S/C14H30N2O/c1-14(2)7-5-13(6-8-14)16(3)10-4-11-17-12-9-15/h13H,4-12,15H2,1-3H3. The first-order valence-electron chi connectivity index (χ1n) is 7.03. The smallest absolute Gasteiger partial charge is 0.0588 e. The van der Waals surface area contributed by atoms with Crippen LogP contribution in [0.1, 0.15) is 46.0 Å². The first kappa shape index (κ1) is 14.9. The molecule has 1 aliphatic carbocycles. The van der Waals surface area contributed by atoms with Gasteiger partial charge in [-0.3, -0.25) is 0 Å². The molecule has 2 N–H and O–H groups in total. The Hall–Kier alpha value is -0.120. The van der Waals surface area contributed by atoms with Crippen molar-refractivity contribution in [3.05, 3.63) is 0 Å². The Morgan fingerprint density at radius 3 is 2.47 bits per heavy atom. The number of hydrogen-bond acceptors (Lipinski definition) is 3. The summed E-state index contributed by atoms with van der Waals surface area (Å²) >= 11 is 0. The van der Waals surface area contributed by atoms with Gasteiger partial charge in [0.25, 0.3) is 0 Å². The molecule has 0 saturated heterocycles. The topological polar surface area (TPSA) is 38.5 Å². The van der Waals surface area contributed by atoms with Crippen LogP contribution in [0.25, 0.3) is 0 Å². The predicted molar refractivity (Wildman–Crippen MR) is 73.2 cm³/mol. The maximum Gasteiger partial charge on any atom is 0.0588 e. The van der Waals surface area contributed by atoms with Gasteiger partial charge < -0.3 is 15.4 Å². The highest BCUT2D eigenvalue weighted by Gasteiger charge is 2.28. The van der Waals surface area contributed by atoms with E-state index in [-0.39, 0.29) is 0 Å². The molecule has 1 saturated carbocycles. The van der Waals surface area contributed by atoms with Gasteiger partial charge in [0, 0.05) is 25.7 Å². The van der Waals surface area contributed by atoms with Crippen LogP contribution in [-0.4, -0.2) is 44.3 Å². The van der Waals surface area contributed by atoms with Gasteiger partial charge in [-0.05, 0) is 44.6 Å². The lowest BCUT2D eigenvalue weighted by molar-refractivity contribution is 0.101. The van der Waals surface area contributed by atoms with Gasteiger partial charge in [0.1, 0.15) is 0 Å². The molecule has 3 nitrogen and oxygen atoms in total. The molecule has 0 aromatic carbocycles. The van der Waals surface area contributed by atoms with E-state index in [1.165, 1.54) is 25.7 Å². The molecule has 0 atom stereocenters. The van der Waals surface area contributed by atoms with E-state index in [1.807, 2.05) is 0 Å². The lowest BCUT2D eigenvalue weighted by atomic mass is 9.75. The van der Waals surface area contributed by atoms with Crippen molar-refractivity contribution >= 4 is 0 Å². The van der Waals surface area contributed by atoms with Gasteiger partial charge in [-0.25, -0.2) is 0 Å². The summed E-state index contributed by atoms with van der Waals surface area (Å²) in [5.41, 5.74) is 5.95. The monoisotopic (exact) mass is 242 g/mol. The van der Waals surface area contributed by atoms with E-state index in [4.69, 9.17) is 10.5 Å². The molecule has 17 heavy (non-hydrogen) atoms. The van der Waals surface area contributed by atoms with Crippen molar-refractivity contribution in [2.75, 3.05) is 33.4 Å². The van der Waals surface area contributed by atoms with Gasteiger partial charge in [0.15, 0.2) is 0 Å². The van der Waals surface area contributed by atoms with E-state index in [0.717, 1.165) is 25.6 Å². The van der Waals surface area contributed by atoms with Crippen molar-refractivity contribution in [1.29, 1.82) is 0 Å². The summed E-state index contributed by atoms with van der Waals surface area (Å²) in [6.45, 7) is 8.11. The lowest BCUT2D eigenvalue weighted by Crippen LogP contribution is -2.38. The minimum absolute atomic E-state index is 0.571. The van der Waals surface area contributed by atoms with Crippen LogP contribution >= 0.6 is 0 Å². The number of nitrogens with two attached hydrogens (primary N) is 1. The number of hydrogen-bond donors (Lipinski definition) is 1. The van der Waals surface area contributed by atoms with Crippen LogP contribution in [0.3, 0.4) is 0 Å². The number of rotatable bonds is 7. The molecular formula is C14H30N2O. The van der Waals surface area contributed by atoms with E-state index in [1.54, 1.807) is 0 Å². The zero-order valence-electron chi connectivity index (χ0n) is 11.9. The second-order valence-electron chi connectivity index (χ2n) is 6.13. The first-order chi connectivity index (χ1) is 8.05. The molecule has 1 aliphatic rings. The molecule has 0 bridgehead atoms. The van der Waals surface area contributed by atoms with Crippen molar-refractivity contribution in [2.24, 2.45) is 11.1 Å². The molecular weight excluding hydrogens is 212 g/mol. The fourth-order valence-corrected chi connectivity index (χ4v) is 2.61. The fraction of sp³-hybridized carbons (Fsp3) is 1.00. The summed E-state index contributed by atoms with van der Waals surface area (Å²) in [4.78, 5) is 2.51. The van der Waals surface area contributed by atoms with Gasteiger partial charge in [0.2, 0.25) is 0 Å². The molecule has 3 heteroatoms. The maximum atomic E-state index is 5.40. The quantitative estimate of drug-likeness (QED) is 0.696. The Kier molecular flexibility index (Phi) is 6.45. The van der Waals surface area contributed by atoms with Gasteiger partial charge in [-0.1, -0.05) is 13.8 Å². The SMILES string of the molecule is CN(CCCOCCN)C1CCC(C)(C)CC1.